The lowest BCUT2D eigenvalue weighted by molar-refractivity contribution is -0.134. The van der Waals surface area contributed by atoms with E-state index in [0.717, 1.165) is 9.78 Å². The van der Waals surface area contributed by atoms with Crippen molar-refractivity contribution in [2.45, 2.75) is 18.9 Å². The van der Waals surface area contributed by atoms with E-state index < -0.39 is 36.0 Å². The summed E-state index contributed by atoms with van der Waals surface area (Å²) in [5.74, 6) is -1.32. The number of rotatable bonds is 6. The van der Waals surface area contributed by atoms with Crippen molar-refractivity contribution in [1.82, 2.24) is 20.9 Å². The van der Waals surface area contributed by atoms with Crippen molar-refractivity contribution in [3.05, 3.63) is 56.7 Å². The summed E-state index contributed by atoms with van der Waals surface area (Å²) < 4.78 is 0.660. The summed E-state index contributed by atoms with van der Waals surface area (Å²) in [5, 5.41) is 9.28. The third-order valence-electron chi connectivity index (χ3n) is 4.48. The minimum atomic E-state index is -1.31. The highest BCUT2D eigenvalue weighted by Gasteiger charge is 2.50. The predicted octanol–water partition coefficient (Wildman–Crippen LogP) is 2.35. The molecule has 1 aliphatic heterocycles. The van der Waals surface area contributed by atoms with Crippen LogP contribution in [0.4, 0.5) is 9.59 Å². The number of hydrogen-bond acceptors (Lipinski definition) is 5. The second-order valence-corrected chi connectivity index (χ2v) is 8.45. The highest BCUT2D eigenvalue weighted by molar-refractivity contribution is 9.10. The first kappa shape index (κ1) is 21.0. The van der Waals surface area contributed by atoms with Crippen LogP contribution < -0.4 is 16.0 Å². The van der Waals surface area contributed by atoms with Gasteiger partial charge in [-0.15, -0.1) is 11.3 Å². The molecule has 1 fully saturated rings. The summed E-state index contributed by atoms with van der Waals surface area (Å²) in [7, 11) is 0. The highest BCUT2D eigenvalue weighted by Crippen LogP contribution is 2.33. The van der Waals surface area contributed by atoms with Gasteiger partial charge in [0.15, 0.2) is 0 Å². The Balaban J connectivity index is 1.56. The zero-order chi connectivity index (χ0) is 21.0. The van der Waals surface area contributed by atoms with Gasteiger partial charge in [0, 0.05) is 21.5 Å². The van der Waals surface area contributed by atoms with Crippen LogP contribution in [0, 0.1) is 0 Å². The fourth-order valence-corrected chi connectivity index (χ4v) is 4.39. The molecular formula is C19H19BrN4O4S. The van der Waals surface area contributed by atoms with E-state index in [2.05, 4.69) is 31.9 Å². The first-order chi connectivity index (χ1) is 13.8. The number of carbonyl (C=O) groups excluding carboxylic acids is 4. The van der Waals surface area contributed by atoms with Gasteiger partial charge in [0.2, 0.25) is 5.91 Å². The predicted molar refractivity (Wildman–Crippen MR) is 111 cm³/mol. The molecule has 0 spiro atoms. The smallest absolute Gasteiger partial charge is 0.325 e. The van der Waals surface area contributed by atoms with Gasteiger partial charge in [0.1, 0.15) is 12.1 Å². The van der Waals surface area contributed by atoms with Crippen molar-refractivity contribution in [2.75, 3.05) is 13.1 Å². The third kappa shape index (κ3) is 4.65. The summed E-state index contributed by atoms with van der Waals surface area (Å²) in [6.07, 6.45) is 0.649. The van der Waals surface area contributed by atoms with Crippen LogP contribution in [0.15, 0.2) is 46.3 Å². The Morgan fingerprint density at radius 1 is 1.21 bits per heavy atom. The van der Waals surface area contributed by atoms with Crippen LogP contribution >= 0.6 is 27.3 Å². The third-order valence-corrected chi connectivity index (χ3v) is 6.11. The van der Waals surface area contributed by atoms with E-state index in [9.17, 15) is 19.2 Å². The Kier molecular flexibility index (Phi) is 6.33. The molecule has 1 unspecified atom stereocenters. The van der Waals surface area contributed by atoms with Crippen molar-refractivity contribution in [2.24, 2.45) is 0 Å². The fraction of sp³-hybridized carbons (Fsp3) is 0.263. The molecule has 8 nitrogen and oxygen atoms in total. The van der Waals surface area contributed by atoms with Crippen molar-refractivity contribution in [3.8, 4) is 0 Å². The van der Waals surface area contributed by atoms with Gasteiger partial charge in [-0.1, -0.05) is 40.2 Å². The van der Waals surface area contributed by atoms with Crippen molar-refractivity contribution in [1.29, 1.82) is 0 Å². The molecule has 10 heteroatoms. The van der Waals surface area contributed by atoms with E-state index in [0.29, 0.717) is 23.0 Å². The number of nitrogens with one attached hydrogen (secondary N) is 3. The molecule has 152 valence electrons. The molecule has 2 aromatic rings. The number of hydrogen-bond donors (Lipinski definition) is 3. The zero-order valence-corrected chi connectivity index (χ0v) is 17.9. The number of thiophene rings is 1. The quantitative estimate of drug-likeness (QED) is 0.553. The van der Waals surface area contributed by atoms with Gasteiger partial charge < -0.3 is 10.6 Å². The van der Waals surface area contributed by atoms with E-state index in [1.54, 1.807) is 42.5 Å². The van der Waals surface area contributed by atoms with E-state index in [-0.39, 0.29) is 0 Å². The molecule has 0 radical (unpaired) electrons. The molecule has 1 aromatic heterocycles. The lowest BCUT2D eigenvalue weighted by atomic mass is 9.92. The van der Waals surface area contributed by atoms with Gasteiger partial charge in [0.25, 0.3) is 5.91 Å². The zero-order valence-electron chi connectivity index (χ0n) is 15.5. The number of nitrogens with zero attached hydrogens (tertiary/aromatic N) is 1. The SMILES string of the molecule is CC1(c2ccccc2Br)NC(=O)N(CC(=O)NC(=O)NCCc2cccs2)C1=O. The largest absolute Gasteiger partial charge is 0.337 e. The second-order valence-electron chi connectivity index (χ2n) is 6.56. The maximum absolute atomic E-state index is 12.9. The summed E-state index contributed by atoms with van der Waals surface area (Å²) in [6.45, 7) is 1.38. The maximum atomic E-state index is 12.9. The fourth-order valence-electron chi connectivity index (χ4n) is 3.00. The first-order valence-electron chi connectivity index (χ1n) is 8.80. The van der Waals surface area contributed by atoms with Crippen molar-refractivity contribution >= 4 is 51.1 Å². The normalized spacial score (nSPS) is 18.5. The number of benzene rings is 1. The minimum Gasteiger partial charge on any atom is -0.337 e. The number of imide groups is 2. The molecule has 29 heavy (non-hydrogen) atoms. The summed E-state index contributed by atoms with van der Waals surface area (Å²) in [5.41, 5.74) is -0.729. The highest BCUT2D eigenvalue weighted by atomic mass is 79.9. The van der Waals surface area contributed by atoms with Crippen LogP contribution in [0.25, 0.3) is 0 Å². The van der Waals surface area contributed by atoms with Gasteiger partial charge in [-0.05, 0) is 30.9 Å². The molecule has 1 atom stereocenters. The lowest BCUT2D eigenvalue weighted by Crippen LogP contribution is -2.47. The van der Waals surface area contributed by atoms with Gasteiger partial charge in [-0.25, -0.2) is 9.59 Å². The van der Waals surface area contributed by atoms with Gasteiger partial charge in [-0.2, -0.15) is 0 Å². The van der Waals surface area contributed by atoms with Crippen molar-refractivity contribution < 1.29 is 19.2 Å². The molecule has 0 saturated carbocycles. The van der Waals surface area contributed by atoms with Crippen LogP contribution in [0.2, 0.25) is 0 Å². The number of amides is 6. The van der Waals surface area contributed by atoms with Crippen LogP contribution in [0.1, 0.15) is 17.4 Å². The van der Waals surface area contributed by atoms with E-state index in [1.165, 1.54) is 0 Å². The first-order valence-corrected chi connectivity index (χ1v) is 10.5. The van der Waals surface area contributed by atoms with Crippen LogP contribution in [0.3, 0.4) is 0 Å². The summed E-state index contributed by atoms with van der Waals surface area (Å²) >= 11 is 4.96. The molecule has 0 aliphatic carbocycles. The van der Waals surface area contributed by atoms with E-state index in [1.807, 2.05) is 17.5 Å². The Morgan fingerprint density at radius 2 is 1.97 bits per heavy atom. The van der Waals surface area contributed by atoms with Gasteiger partial charge >= 0.3 is 12.1 Å². The minimum absolute atomic E-state index is 0.364. The molecule has 0 bridgehead atoms. The van der Waals surface area contributed by atoms with E-state index in [4.69, 9.17) is 0 Å². The molecule has 1 aliphatic rings. The monoisotopic (exact) mass is 478 g/mol. The second kappa shape index (κ2) is 8.75. The maximum Gasteiger partial charge on any atom is 0.325 e. The average molecular weight is 479 g/mol. The Hall–Kier alpha value is -2.72. The lowest BCUT2D eigenvalue weighted by Gasteiger charge is -2.23. The molecule has 6 amide bonds. The number of urea groups is 2. The summed E-state index contributed by atoms with van der Waals surface area (Å²) in [6, 6.07) is 9.52. The van der Waals surface area contributed by atoms with Gasteiger partial charge in [0.05, 0.1) is 0 Å². The van der Waals surface area contributed by atoms with Crippen molar-refractivity contribution in [3.63, 3.8) is 0 Å². The molecule has 1 aromatic carbocycles. The molecule has 3 N–H and O–H groups in total. The topological polar surface area (TPSA) is 108 Å². The molecule has 3 rings (SSSR count). The van der Waals surface area contributed by atoms with Crippen LogP contribution in [0.5, 0.6) is 0 Å². The number of carbonyl (C=O) groups is 4. The number of halogens is 1. The van der Waals surface area contributed by atoms with Crippen LogP contribution in [-0.4, -0.2) is 41.9 Å². The standard InChI is InChI=1S/C19H19BrN4O4S/c1-19(13-6-2-3-7-14(13)20)16(26)24(18(28)23-19)11-15(25)22-17(27)21-9-8-12-5-4-10-29-12/h2-7,10H,8-9,11H2,1H3,(H,23,28)(H2,21,22,25,27). The average Bonchev–Trinajstić information content (AvgIpc) is 3.25. The Bertz CT molecular complexity index is 949. The van der Waals surface area contributed by atoms with Crippen LogP contribution in [-0.2, 0) is 21.5 Å². The Morgan fingerprint density at radius 3 is 2.66 bits per heavy atom. The Labute approximate surface area is 179 Å². The molecular weight excluding hydrogens is 460 g/mol. The molecule has 2 heterocycles. The van der Waals surface area contributed by atoms with Gasteiger partial charge in [-0.3, -0.25) is 19.8 Å². The summed E-state index contributed by atoms with van der Waals surface area (Å²) in [4.78, 5) is 51.1. The molecule has 1 saturated heterocycles. The van der Waals surface area contributed by atoms with E-state index >= 15 is 0 Å².